The largest absolute Gasteiger partial charge is 0.334 e. The molecule has 0 aliphatic carbocycles. The first-order valence-electron chi connectivity index (χ1n) is 5.47. The van der Waals surface area contributed by atoms with Crippen molar-refractivity contribution < 1.29 is 4.79 Å². The summed E-state index contributed by atoms with van der Waals surface area (Å²) >= 11 is 0. The highest BCUT2D eigenvalue weighted by Crippen LogP contribution is 2.29. The van der Waals surface area contributed by atoms with Gasteiger partial charge in [0, 0.05) is 19.7 Å². The van der Waals surface area contributed by atoms with Crippen LogP contribution in [-0.4, -0.2) is 22.3 Å². The van der Waals surface area contributed by atoms with Crippen molar-refractivity contribution in [3.63, 3.8) is 0 Å². The maximum atomic E-state index is 11.5. The fraction of sp³-hybridized carbons (Fsp3) is 0.500. The minimum absolute atomic E-state index is 0.158. The second-order valence-electron chi connectivity index (χ2n) is 3.98. The molecule has 0 saturated carbocycles. The third-order valence-corrected chi connectivity index (χ3v) is 2.94. The summed E-state index contributed by atoms with van der Waals surface area (Å²) in [4.78, 5) is 17.8. The Kier molecular flexibility index (Phi) is 2.99. The highest BCUT2D eigenvalue weighted by atomic mass is 16.2. The molecule has 0 aromatic carbocycles. The molecule has 1 atom stereocenters. The quantitative estimate of drug-likeness (QED) is 0.702. The molecule has 80 valence electrons. The predicted octanol–water partition coefficient (Wildman–Crippen LogP) is 2.16. The number of pyridine rings is 1. The molecule has 15 heavy (non-hydrogen) atoms. The monoisotopic (exact) mass is 204 g/mol. The number of carbonyl (C=O) groups is 1. The molecule has 0 N–H and O–H groups in total. The van der Waals surface area contributed by atoms with Crippen molar-refractivity contribution in [2.45, 2.75) is 32.2 Å². The van der Waals surface area contributed by atoms with Gasteiger partial charge in [0.1, 0.15) is 0 Å². The van der Waals surface area contributed by atoms with Gasteiger partial charge in [-0.05, 0) is 31.4 Å². The number of aromatic nitrogens is 1. The van der Waals surface area contributed by atoms with Crippen LogP contribution in [0.2, 0.25) is 0 Å². The molecular formula is C12H16N2O. The maximum Gasteiger partial charge on any atom is 0.220 e. The molecule has 1 aliphatic heterocycles. The molecule has 1 aromatic heterocycles. The molecular weight excluding hydrogens is 188 g/mol. The van der Waals surface area contributed by atoms with Crippen LogP contribution >= 0.6 is 0 Å². The molecule has 2 rings (SSSR count). The summed E-state index contributed by atoms with van der Waals surface area (Å²) < 4.78 is 0. The average molecular weight is 204 g/mol. The van der Waals surface area contributed by atoms with Crippen LogP contribution in [0.1, 0.15) is 37.9 Å². The smallest absolute Gasteiger partial charge is 0.220 e. The van der Waals surface area contributed by atoms with Crippen molar-refractivity contribution in [3.8, 4) is 0 Å². The third-order valence-electron chi connectivity index (χ3n) is 2.94. The Morgan fingerprint density at radius 1 is 1.47 bits per heavy atom. The van der Waals surface area contributed by atoms with Crippen LogP contribution in [0.5, 0.6) is 0 Å². The number of hydrogen-bond acceptors (Lipinski definition) is 2. The second kappa shape index (κ2) is 4.43. The summed E-state index contributed by atoms with van der Waals surface area (Å²) in [6.45, 7) is 2.51. The Morgan fingerprint density at radius 2 is 2.33 bits per heavy atom. The van der Waals surface area contributed by atoms with Gasteiger partial charge in [-0.2, -0.15) is 0 Å². The maximum absolute atomic E-state index is 11.5. The lowest BCUT2D eigenvalue weighted by atomic mass is 9.99. The van der Waals surface area contributed by atoms with Crippen molar-refractivity contribution in [1.82, 2.24) is 9.88 Å². The van der Waals surface area contributed by atoms with E-state index in [1.165, 1.54) is 6.42 Å². The Hall–Kier alpha value is -1.38. The molecule has 3 nitrogen and oxygen atoms in total. The fourth-order valence-electron chi connectivity index (χ4n) is 2.19. The number of hydrogen-bond donors (Lipinski definition) is 0. The highest BCUT2D eigenvalue weighted by Gasteiger charge is 2.26. The molecule has 3 heteroatoms. The van der Waals surface area contributed by atoms with E-state index >= 15 is 0 Å². The van der Waals surface area contributed by atoms with Gasteiger partial charge in [0.2, 0.25) is 5.91 Å². The third kappa shape index (κ3) is 2.17. The van der Waals surface area contributed by atoms with Crippen LogP contribution in [0.25, 0.3) is 0 Å². The van der Waals surface area contributed by atoms with Crippen molar-refractivity contribution in [2.24, 2.45) is 0 Å². The molecule has 0 bridgehead atoms. The zero-order valence-corrected chi connectivity index (χ0v) is 9.02. The molecule has 1 saturated heterocycles. The van der Waals surface area contributed by atoms with Gasteiger partial charge in [0.05, 0.1) is 11.7 Å². The van der Waals surface area contributed by atoms with Crippen molar-refractivity contribution >= 4 is 5.91 Å². The van der Waals surface area contributed by atoms with Crippen molar-refractivity contribution in [1.29, 1.82) is 0 Å². The van der Waals surface area contributed by atoms with Crippen LogP contribution < -0.4 is 0 Å². The van der Waals surface area contributed by atoms with Crippen LogP contribution in [-0.2, 0) is 4.79 Å². The summed E-state index contributed by atoms with van der Waals surface area (Å²) in [6.07, 6.45) is 5.13. The van der Waals surface area contributed by atoms with E-state index in [1.54, 1.807) is 13.1 Å². The summed E-state index contributed by atoms with van der Waals surface area (Å²) in [5.74, 6) is 0.158. The summed E-state index contributed by atoms with van der Waals surface area (Å²) in [7, 11) is 0. The summed E-state index contributed by atoms with van der Waals surface area (Å²) in [5, 5.41) is 0. The van der Waals surface area contributed by atoms with E-state index in [0.717, 1.165) is 25.1 Å². The van der Waals surface area contributed by atoms with E-state index < -0.39 is 0 Å². The second-order valence-corrected chi connectivity index (χ2v) is 3.98. The zero-order chi connectivity index (χ0) is 10.7. The van der Waals surface area contributed by atoms with Gasteiger partial charge in [0.15, 0.2) is 0 Å². The normalized spacial score (nSPS) is 21.4. The number of carbonyl (C=O) groups excluding carboxylic acids is 1. The van der Waals surface area contributed by atoms with E-state index in [-0.39, 0.29) is 11.9 Å². The van der Waals surface area contributed by atoms with Crippen LogP contribution in [0.15, 0.2) is 24.4 Å². The lowest BCUT2D eigenvalue weighted by Crippen LogP contribution is -2.37. The number of nitrogens with zero attached hydrogens (tertiary/aromatic N) is 2. The van der Waals surface area contributed by atoms with E-state index in [2.05, 4.69) is 4.98 Å². The molecule has 1 amide bonds. The van der Waals surface area contributed by atoms with E-state index in [0.29, 0.717) is 0 Å². The number of rotatable bonds is 1. The van der Waals surface area contributed by atoms with Crippen LogP contribution in [0, 0.1) is 0 Å². The van der Waals surface area contributed by atoms with Crippen molar-refractivity contribution in [2.75, 3.05) is 6.54 Å². The van der Waals surface area contributed by atoms with Gasteiger partial charge < -0.3 is 4.90 Å². The minimum atomic E-state index is 0.158. The molecule has 2 heterocycles. The molecule has 0 spiro atoms. The Morgan fingerprint density at radius 3 is 3.00 bits per heavy atom. The van der Waals surface area contributed by atoms with Gasteiger partial charge in [-0.3, -0.25) is 9.78 Å². The van der Waals surface area contributed by atoms with Gasteiger partial charge in [-0.15, -0.1) is 0 Å². The predicted molar refractivity (Wildman–Crippen MR) is 58.2 cm³/mol. The van der Waals surface area contributed by atoms with Crippen molar-refractivity contribution in [3.05, 3.63) is 30.1 Å². The van der Waals surface area contributed by atoms with Gasteiger partial charge in [-0.1, -0.05) is 6.07 Å². The number of likely N-dealkylation sites (tertiary alicyclic amines) is 1. The lowest BCUT2D eigenvalue weighted by Gasteiger charge is -2.34. The number of amides is 1. The van der Waals surface area contributed by atoms with E-state index in [4.69, 9.17) is 0 Å². The lowest BCUT2D eigenvalue weighted by molar-refractivity contribution is -0.132. The Balaban J connectivity index is 2.22. The SMILES string of the molecule is CC(=O)N1CCCCC1c1ccccn1. The fourth-order valence-corrected chi connectivity index (χ4v) is 2.19. The minimum Gasteiger partial charge on any atom is -0.334 e. The zero-order valence-electron chi connectivity index (χ0n) is 9.02. The Labute approximate surface area is 90.1 Å². The van der Waals surface area contributed by atoms with Gasteiger partial charge in [-0.25, -0.2) is 0 Å². The first kappa shape index (κ1) is 10.1. The molecule has 0 radical (unpaired) electrons. The summed E-state index contributed by atoms with van der Waals surface area (Å²) in [6, 6.07) is 6.09. The van der Waals surface area contributed by atoms with E-state index in [9.17, 15) is 4.79 Å². The topological polar surface area (TPSA) is 33.2 Å². The average Bonchev–Trinajstić information content (AvgIpc) is 2.30. The first-order chi connectivity index (χ1) is 7.29. The highest BCUT2D eigenvalue weighted by molar-refractivity contribution is 5.73. The molecule has 1 unspecified atom stereocenters. The van der Waals surface area contributed by atoms with E-state index in [1.807, 2.05) is 23.1 Å². The molecule has 1 fully saturated rings. The standard InChI is InChI=1S/C12H16N2O/c1-10(15)14-9-5-3-7-12(14)11-6-2-4-8-13-11/h2,4,6,8,12H,3,5,7,9H2,1H3. The van der Waals surface area contributed by atoms with Gasteiger partial charge in [0.25, 0.3) is 0 Å². The van der Waals surface area contributed by atoms with Crippen LogP contribution in [0.3, 0.4) is 0 Å². The van der Waals surface area contributed by atoms with Crippen LogP contribution in [0.4, 0.5) is 0 Å². The van der Waals surface area contributed by atoms with Gasteiger partial charge >= 0.3 is 0 Å². The molecule has 1 aromatic rings. The number of piperidine rings is 1. The Bertz CT molecular complexity index is 337. The first-order valence-corrected chi connectivity index (χ1v) is 5.47. The molecule has 1 aliphatic rings. The summed E-state index contributed by atoms with van der Waals surface area (Å²) in [5.41, 5.74) is 1.02.